The molecule has 0 saturated carbocycles. The number of aromatic carboxylic acids is 1. The van der Waals surface area contributed by atoms with Crippen molar-refractivity contribution in [3.8, 4) is 0 Å². The number of carboxylic acid groups (broad SMARTS) is 1. The Bertz CT molecular complexity index is 1160. The van der Waals surface area contributed by atoms with Crippen molar-refractivity contribution >= 4 is 40.9 Å². The Morgan fingerprint density at radius 3 is 1.97 bits per heavy atom. The fraction of sp³-hybridized carbons (Fsp3) is 0.182. The van der Waals surface area contributed by atoms with E-state index in [9.17, 15) is 29.1 Å². The number of carbonyl (C=O) groups excluding carboxylic acids is 4. The maximum absolute atomic E-state index is 13.1. The van der Waals surface area contributed by atoms with E-state index in [1.165, 1.54) is 32.0 Å². The number of rotatable bonds is 7. The van der Waals surface area contributed by atoms with E-state index >= 15 is 0 Å². The summed E-state index contributed by atoms with van der Waals surface area (Å²) in [6.07, 6.45) is 0. The zero-order chi connectivity index (χ0) is 23.4. The summed E-state index contributed by atoms with van der Waals surface area (Å²) in [6.45, 7) is 2.93. The monoisotopic (exact) mass is 438 g/mol. The van der Waals surface area contributed by atoms with Crippen molar-refractivity contribution in [1.29, 1.82) is 0 Å². The lowest BCUT2D eigenvalue weighted by Crippen LogP contribution is -2.30. The first-order chi connectivity index (χ1) is 15.3. The molecule has 0 radical (unpaired) electrons. The van der Waals surface area contributed by atoms with Crippen molar-refractivity contribution < 1.29 is 38.6 Å². The highest BCUT2D eigenvalue weighted by molar-refractivity contribution is 6.62. The van der Waals surface area contributed by atoms with E-state index in [4.69, 9.17) is 9.47 Å². The number of hydrogen-bond donors (Lipinski definition) is 2. The second-order valence-corrected chi connectivity index (χ2v) is 6.43. The molecule has 1 aliphatic rings. The van der Waals surface area contributed by atoms with Crippen LogP contribution in [0.5, 0.6) is 0 Å². The van der Waals surface area contributed by atoms with Crippen LogP contribution >= 0.6 is 0 Å². The number of nitrogens with zero attached hydrogens (tertiary/aromatic N) is 1. The summed E-state index contributed by atoms with van der Waals surface area (Å²) in [4.78, 5) is 62.1. The minimum absolute atomic E-state index is 0.0368. The number of hydrazone groups is 1. The third-order valence-electron chi connectivity index (χ3n) is 4.54. The Morgan fingerprint density at radius 2 is 1.44 bits per heavy atom. The van der Waals surface area contributed by atoms with E-state index < -0.39 is 35.2 Å². The van der Waals surface area contributed by atoms with Crippen LogP contribution in [0.2, 0.25) is 0 Å². The van der Waals surface area contributed by atoms with Gasteiger partial charge in [-0.3, -0.25) is 15.0 Å². The number of anilines is 1. The molecular weight excluding hydrogens is 420 g/mol. The molecule has 0 aliphatic heterocycles. The molecule has 0 fully saturated rings. The fourth-order valence-electron chi connectivity index (χ4n) is 3.17. The van der Waals surface area contributed by atoms with Gasteiger partial charge in [0.25, 0.3) is 5.71 Å². The van der Waals surface area contributed by atoms with E-state index in [0.717, 1.165) is 6.07 Å². The minimum atomic E-state index is -1.42. The summed E-state index contributed by atoms with van der Waals surface area (Å²) in [5, 5.41) is 13.3. The van der Waals surface area contributed by atoms with Crippen LogP contribution in [0.15, 0.2) is 41.5 Å². The number of ketones is 2. The third-order valence-corrected chi connectivity index (χ3v) is 4.54. The zero-order valence-corrected chi connectivity index (χ0v) is 17.1. The predicted molar refractivity (Wildman–Crippen MR) is 111 cm³/mol. The van der Waals surface area contributed by atoms with Crippen LogP contribution in [0.25, 0.3) is 0 Å². The molecule has 0 unspecified atom stereocenters. The summed E-state index contributed by atoms with van der Waals surface area (Å²) in [5.74, 6) is -4.71. The van der Waals surface area contributed by atoms with Crippen molar-refractivity contribution in [2.24, 2.45) is 5.10 Å². The average Bonchev–Trinajstić information content (AvgIpc) is 2.77. The predicted octanol–water partition coefficient (Wildman–Crippen LogP) is 2.05. The van der Waals surface area contributed by atoms with Crippen LogP contribution in [0.3, 0.4) is 0 Å². The number of nitrogens with one attached hydrogen (secondary N) is 1. The highest BCUT2D eigenvalue weighted by Crippen LogP contribution is 2.34. The fourth-order valence-corrected chi connectivity index (χ4v) is 3.17. The zero-order valence-electron chi connectivity index (χ0n) is 17.1. The van der Waals surface area contributed by atoms with Crippen LogP contribution in [0.4, 0.5) is 5.69 Å². The molecule has 0 atom stereocenters. The molecule has 0 saturated heterocycles. The Hall–Kier alpha value is -4.34. The molecule has 3 rings (SSSR count). The van der Waals surface area contributed by atoms with Gasteiger partial charge >= 0.3 is 17.9 Å². The van der Waals surface area contributed by atoms with Gasteiger partial charge in [0.2, 0.25) is 0 Å². The van der Waals surface area contributed by atoms with Crippen molar-refractivity contribution in [3.05, 3.63) is 64.2 Å². The molecule has 2 aromatic rings. The summed E-state index contributed by atoms with van der Waals surface area (Å²) in [7, 11) is 0. The Labute approximate surface area is 181 Å². The van der Waals surface area contributed by atoms with E-state index in [0.29, 0.717) is 0 Å². The van der Waals surface area contributed by atoms with Crippen molar-refractivity contribution in [1.82, 2.24) is 0 Å². The molecule has 2 aromatic carbocycles. The average molecular weight is 438 g/mol. The standard InChI is InChI=1S/C22H18N2O8/c1-3-31-21(29)17(22(30)32-4-2)24-23-16-14(20(27)28)10-9-13-15(16)19(26)12-8-6-5-7-11(12)18(13)25/h5-10,23H,3-4H2,1-2H3,(H,27,28). The Balaban J connectivity index is 2.17. The topological polar surface area (TPSA) is 148 Å². The molecule has 10 heteroatoms. The number of carboxylic acids is 1. The molecule has 0 heterocycles. The normalized spacial score (nSPS) is 11.7. The molecule has 32 heavy (non-hydrogen) atoms. The quantitative estimate of drug-likeness (QED) is 0.245. The molecule has 1 aliphatic carbocycles. The highest BCUT2D eigenvalue weighted by Gasteiger charge is 2.34. The first kappa shape index (κ1) is 22.3. The van der Waals surface area contributed by atoms with Crippen LogP contribution in [-0.2, 0) is 19.1 Å². The molecule has 2 N–H and O–H groups in total. The highest BCUT2D eigenvalue weighted by atomic mass is 16.6. The maximum atomic E-state index is 13.1. The van der Waals surface area contributed by atoms with Gasteiger partial charge in [0.05, 0.1) is 30.0 Å². The van der Waals surface area contributed by atoms with Gasteiger partial charge in [0, 0.05) is 16.7 Å². The van der Waals surface area contributed by atoms with Crippen molar-refractivity contribution in [2.75, 3.05) is 18.6 Å². The van der Waals surface area contributed by atoms with E-state index in [1.807, 2.05) is 0 Å². The van der Waals surface area contributed by atoms with Gasteiger partial charge in [-0.1, -0.05) is 24.3 Å². The van der Waals surface area contributed by atoms with Crippen molar-refractivity contribution in [2.45, 2.75) is 13.8 Å². The summed E-state index contributed by atoms with van der Waals surface area (Å²) >= 11 is 0. The van der Waals surface area contributed by atoms with Crippen LogP contribution in [0.1, 0.15) is 56.0 Å². The minimum Gasteiger partial charge on any atom is -0.478 e. The van der Waals surface area contributed by atoms with Crippen molar-refractivity contribution in [3.63, 3.8) is 0 Å². The van der Waals surface area contributed by atoms with Gasteiger partial charge < -0.3 is 14.6 Å². The third kappa shape index (κ3) is 3.97. The number of hydrogen-bond acceptors (Lipinski definition) is 9. The molecular formula is C22H18N2O8. The van der Waals surface area contributed by atoms with Crippen LogP contribution in [-0.4, -0.2) is 53.5 Å². The lowest BCUT2D eigenvalue weighted by atomic mass is 9.82. The van der Waals surface area contributed by atoms with Gasteiger partial charge in [-0.05, 0) is 26.0 Å². The molecule has 0 bridgehead atoms. The van der Waals surface area contributed by atoms with Gasteiger partial charge in [-0.25, -0.2) is 14.4 Å². The number of fused-ring (bicyclic) bond motifs is 2. The molecule has 0 amide bonds. The van der Waals surface area contributed by atoms with E-state index in [-0.39, 0.29) is 46.7 Å². The second-order valence-electron chi connectivity index (χ2n) is 6.43. The molecule has 10 nitrogen and oxygen atoms in total. The van der Waals surface area contributed by atoms with Crippen LogP contribution in [0, 0.1) is 0 Å². The number of ether oxygens (including phenoxy) is 2. The summed E-state index contributed by atoms with van der Waals surface area (Å²) in [5.41, 5.74) is 0.814. The lowest BCUT2D eigenvalue weighted by molar-refractivity contribution is -0.140. The number of benzene rings is 2. The SMILES string of the molecule is CCOC(=O)C(=NNc1c(C(=O)O)ccc2c1C(=O)c1ccccc1C2=O)C(=O)OCC. The second kappa shape index (κ2) is 9.21. The Morgan fingerprint density at radius 1 is 0.875 bits per heavy atom. The van der Waals surface area contributed by atoms with Crippen LogP contribution < -0.4 is 5.43 Å². The first-order valence-corrected chi connectivity index (χ1v) is 9.58. The summed E-state index contributed by atoms with van der Waals surface area (Å²) in [6, 6.07) is 8.49. The largest absolute Gasteiger partial charge is 0.478 e. The number of esters is 2. The van der Waals surface area contributed by atoms with Gasteiger partial charge in [-0.2, -0.15) is 5.10 Å². The molecule has 164 valence electrons. The smallest absolute Gasteiger partial charge is 0.366 e. The number of carbonyl (C=O) groups is 5. The molecule has 0 spiro atoms. The Kier molecular flexibility index (Phi) is 6.43. The van der Waals surface area contributed by atoms with E-state index in [2.05, 4.69) is 10.5 Å². The maximum Gasteiger partial charge on any atom is 0.366 e. The first-order valence-electron chi connectivity index (χ1n) is 9.58. The summed E-state index contributed by atoms with van der Waals surface area (Å²) < 4.78 is 9.57. The van der Waals surface area contributed by atoms with E-state index in [1.54, 1.807) is 12.1 Å². The molecule has 0 aromatic heterocycles. The van der Waals surface area contributed by atoms with Gasteiger partial charge in [0.1, 0.15) is 0 Å². The van der Waals surface area contributed by atoms with Gasteiger partial charge in [-0.15, -0.1) is 0 Å². The van der Waals surface area contributed by atoms with Gasteiger partial charge in [0.15, 0.2) is 11.6 Å². The lowest BCUT2D eigenvalue weighted by Gasteiger charge is -2.21.